The smallest absolute Gasteiger partial charge is 0.133 e. The Labute approximate surface area is 89.9 Å². The van der Waals surface area contributed by atoms with E-state index < -0.39 is 0 Å². The van der Waals surface area contributed by atoms with Gasteiger partial charge in [0.15, 0.2) is 0 Å². The van der Waals surface area contributed by atoms with Gasteiger partial charge in [-0.05, 0) is 11.8 Å². The second kappa shape index (κ2) is 3.72. The van der Waals surface area contributed by atoms with Crippen LogP contribution in [0.2, 0.25) is 0 Å². The molecule has 15 heavy (non-hydrogen) atoms. The molecule has 3 nitrogen and oxygen atoms in total. The normalized spacial score (nSPS) is 25.2. The molecule has 0 bridgehead atoms. The van der Waals surface area contributed by atoms with Crippen LogP contribution in [0.1, 0.15) is 44.7 Å². The van der Waals surface area contributed by atoms with Crippen molar-refractivity contribution >= 4 is 5.78 Å². The maximum absolute atomic E-state index is 11.5. The van der Waals surface area contributed by atoms with Crippen molar-refractivity contribution in [3.63, 3.8) is 0 Å². The number of nitrogens with zero attached hydrogens (tertiary/aromatic N) is 2. The number of aromatic nitrogens is 2. The van der Waals surface area contributed by atoms with Gasteiger partial charge in [0.25, 0.3) is 0 Å². The standard InChI is InChI=1S/C12H16N2O/c1-12(2)4-3-9(15)7-10(12)11-8-13-5-6-14-11/h5-6,8,10H,3-4,7H2,1-2H3. The van der Waals surface area contributed by atoms with E-state index in [-0.39, 0.29) is 11.3 Å². The molecule has 1 aromatic rings. The summed E-state index contributed by atoms with van der Waals surface area (Å²) < 4.78 is 0. The van der Waals surface area contributed by atoms with E-state index in [4.69, 9.17) is 0 Å². The Morgan fingerprint density at radius 1 is 1.40 bits per heavy atom. The average Bonchev–Trinajstić information content (AvgIpc) is 2.23. The van der Waals surface area contributed by atoms with E-state index >= 15 is 0 Å². The molecule has 80 valence electrons. The molecule has 0 aromatic carbocycles. The molecule has 0 radical (unpaired) electrons. The first kappa shape index (κ1) is 10.3. The van der Waals surface area contributed by atoms with Crippen LogP contribution in [0.25, 0.3) is 0 Å². The largest absolute Gasteiger partial charge is 0.300 e. The summed E-state index contributed by atoms with van der Waals surface area (Å²) in [6.07, 6.45) is 7.43. The molecule has 1 atom stereocenters. The number of hydrogen-bond donors (Lipinski definition) is 0. The summed E-state index contributed by atoms with van der Waals surface area (Å²) in [4.78, 5) is 19.9. The monoisotopic (exact) mass is 204 g/mol. The summed E-state index contributed by atoms with van der Waals surface area (Å²) in [7, 11) is 0. The Morgan fingerprint density at radius 3 is 2.87 bits per heavy atom. The zero-order valence-corrected chi connectivity index (χ0v) is 9.23. The maximum Gasteiger partial charge on any atom is 0.133 e. The van der Waals surface area contributed by atoms with E-state index in [9.17, 15) is 4.79 Å². The van der Waals surface area contributed by atoms with Gasteiger partial charge in [-0.2, -0.15) is 0 Å². The van der Waals surface area contributed by atoms with Crippen LogP contribution >= 0.6 is 0 Å². The Kier molecular flexibility index (Phi) is 2.55. The molecule has 1 heterocycles. The Morgan fingerprint density at radius 2 is 2.20 bits per heavy atom. The molecule has 0 aliphatic heterocycles. The van der Waals surface area contributed by atoms with Crippen LogP contribution in [0.15, 0.2) is 18.6 Å². The Bertz CT molecular complexity index is 359. The summed E-state index contributed by atoms with van der Waals surface area (Å²) in [5.41, 5.74) is 1.11. The van der Waals surface area contributed by atoms with E-state index in [2.05, 4.69) is 23.8 Å². The van der Waals surface area contributed by atoms with Gasteiger partial charge in [0, 0.05) is 37.4 Å². The van der Waals surface area contributed by atoms with Gasteiger partial charge in [-0.3, -0.25) is 14.8 Å². The van der Waals surface area contributed by atoms with Gasteiger partial charge in [-0.1, -0.05) is 13.8 Å². The van der Waals surface area contributed by atoms with Gasteiger partial charge < -0.3 is 0 Å². The SMILES string of the molecule is CC1(C)CCC(=O)CC1c1cnccn1. The lowest BCUT2D eigenvalue weighted by molar-refractivity contribution is -0.122. The molecule has 1 aliphatic carbocycles. The quantitative estimate of drug-likeness (QED) is 0.705. The molecule has 3 heteroatoms. The highest BCUT2D eigenvalue weighted by Gasteiger charge is 2.37. The van der Waals surface area contributed by atoms with Crippen molar-refractivity contribution in [3.8, 4) is 0 Å². The summed E-state index contributed by atoms with van der Waals surface area (Å²) >= 11 is 0. The van der Waals surface area contributed by atoms with Crippen LogP contribution in [0, 0.1) is 5.41 Å². The maximum atomic E-state index is 11.5. The highest BCUT2D eigenvalue weighted by molar-refractivity contribution is 5.80. The molecule has 1 unspecified atom stereocenters. The second-order valence-corrected chi connectivity index (χ2v) is 4.91. The van der Waals surface area contributed by atoms with Crippen molar-refractivity contribution < 1.29 is 4.79 Å². The molecular formula is C12H16N2O. The van der Waals surface area contributed by atoms with Crippen LogP contribution in [-0.2, 0) is 4.79 Å². The van der Waals surface area contributed by atoms with Crippen molar-refractivity contribution in [2.75, 3.05) is 0 Å². The second-order valence-electron chi connectivity index (χ2n) is 4.91. The predicted octanol–water partition coefficient (Wildman–Crippen LogP) is 2.34. The summed E-state index contributed by atoms with van der Waals surface area (Å²) in [6.45, 7) is 4.41. The minimum atomic E-state index is 0.157. The van der Waals surface area contributed by atoms with E-state index in [0.29, 0.717) is 18.6 Å². The minimum Gasteiger partial charge on any atom is -0.300 e. The predicted molar refractivity (Wildman–Crippen MR) is 57.4 cm³/mol. The number of ketones is 1. The van der Waals surface area contributed by atoms with Crippen molar-refractivity contribution in [2.45, 2.75) is 39.0 Å². The lowest BCUT2D eigenvalue weighted by Crippen LogP contribution is -2.30. The van der Waals surface area contributed by atoms with Crippen LogP contribution in [0.4, 0.5) is 0 Å². The van der Waals surface area contributed by atoms with Gasteiger partial charge in [0.2, 0.25) is 0 Å². The number of carbonyl (C=O) groups excluding carboxylic acids is 1. The first-order valence-corrected chi connectivity index (χ1v) is 5.37. The molecule has 1 saturated carbocycles. The molecule has 0 amide bonds. The van der Waals surface area contributed by atoms with Crippen molar-refractivity contribution in [1.29, 1.82) is 0 Å². The molecular weight excluding hydrogens is 188 g/mol. The van der Waals surface area contributed by atoms with Gasteiger partial charge in [-0.15, -0.1) is 0 Å². The summed E-state index contributed by atoms with van der Waals surface area (Å²) in [5.74, 6) is 0.581. The third-order valence-electron chi connectivity index (χ3n) is 3.36. The van der Waals surface area contributed by atoms with E-state index in [0.717, 1.165) is 12.1 Å². The first-order chi connectivity index (χ1) is 7.09. The third-order valence-corrected chi connectivity index (χ3v) is 3.36. The lowest BCUT2D eigenvalue weighted by atomic mass is 9.67. The fourth-order valence-corrected chi connectivity index (χ4v) is 2.24. The van der Waals surface area contributed by atoms with Gasteiger partial charge in [0.05, 0.1) is 5.69 Å². The molecule has 0 saturated heterocycles. The first-order valence-electron chi connectivity index (χ1n) is 5.37. The number of hydrogen-bond acceptors (Lipinski definition) is 3. The molecule has 1 fully saturated rings. The fourth-order valence-electron chi connectivity index (χ4n) is 2.24. The van der Waals surface area contributed by atoms with Crippen LogP contribution in [0.5, 0.6) is 0 Å². The van der Waals surface area contributed by atoms with Crippen LogP contribution in [-0.4, -0.2) is 15.8 Å². The van der Waals surface area contributed by atoms with Gasteiger partial charge in [0.1, 0.15) is 5.78 Å². The van der Waals surface area contributed by atoms with Gasteiger partial charge >= 0.3 is 0 Å². The summed E-state index contributed by atoms with van der Waals surface area (Å²) in [6, 6.07) is 0. The summed E-state index contributed by atoms with van der Waals surface area (Å²) in [5, 5.41) is 0. The zero-order chi connectivity index (χ0) is 10.9. The third kappa shape index (κ3) is 2.06. The lowest BCUT2D eigenvalue weighted by Gasteiger charge is -2.37. The highest BCUT2D eigenvalue weighted by Crippen LogP contribution is 2.44. The molecule has 1 aliphatic rings. The molecule has 0 N–H and O–H groups in total. The Hall–Kier alpha value is -1.25. The fraction of sp³-hybridized carbons (Fsp3) is 0.583. The molecule has 1 aromatic heterocycles. The number of carbonyl (C=O) groups is 1. The van der Waals surface area contributed by atoms with Crippen molar-refractivity contribution in [1.82, 2.24) is 9.97 Å². The van der Waals surface area contributed by atoms with Crippen molar-refractivity contribution in [2.24, 2.45) is 5.41 Å². The van der Waals surface area contributed by atoms with Crippen LogP contribution < -0.4 is 0 Å². The average molecular weight is 204 g/mol. The number of rotatable bonds is 1. The van der Waals surface area contributed by atoms with E-state index in [1.165, 1.54) is 0 Å². The highest BCUT2D eigenvalue weighted by atomic mass is 16.1. The van der Waals surface area contributed by atoms with E-state index in [1.807, 2.05) is 0 Å². The van der Waals surface area contributed by atoms with Gasteiger partial charge in [-0.25, -0.2) is 0 Å². The van der Waals surface area contributed by atoms with Crippen molar-refractivity contribution in [3.05, 3.63) is 24.3 Å². The Balaban J connectivity index is 2.29. The number of Topliss-reactive ketones (excluding diaryl/α,β-unsaturated/α-hetero) is 1. The topological polar surface area (TPSA) is 42.9 Å². The molecule has 0 spiro atoms. The minimum absolute atomic E-state index is 0.157. The zero-order valence-electron chi connectivity index (χ0n) is 9.23. The van der Waals surface area contributed by atoms with E-state index in [1.54, 1.807) is 18.6 Å². The van der Waals surface area contributed by atoms with Crippen LogP contribution in [0.3, 0.4) is 0 Å². The molecule has 2 rings (SSSR count).